The first-order chi connectivity index (χ1) is 9.65. The molecule has 0 saturated heterocycles. The lowest BCUT2D eigenvalue weighted by molar-refractivity contribution is -0.120. The van der Waals surface area contributed by atoms with Crippen molar-refractivity contribution in [3.05, 3.63) is 16.1 Å². The number of hydrogen-bond acceptors (Lipinski definition) is 5. The summed E-state index contributed by atoms with van der Waals surface area (Å²) in [6.07, 6.45) is 2.58. The van der Waals surface area contributed by atoms with Gasteiger partial charge in [0.25, 0.3) is 0 Å². The number of halogens is 2. The first kappa shape index (κ1) is 13.9. The molecule has 0 bridgehead atoms. The molecule has 1 amide bonds. The Morgan fingerprint density at radius 1 is 1.30 bits per heavy atom. The predicted molar refractivity (Wildman–Crippen MR) is 81.7 cm³/mol. The Labute approximate surface area is 130 Å². The molecule has 3 rings (SSSR count). The van der Waals surface area contributed by atoms with Crippen molar-refractivity contribution < 1.29 is 4.79 Å². The highest BCUT2D eigenvalue weighted by molar-refractivity contribution is 7.00. The van der Waals surface area contributed by atoms with Gasteiger partial charge in [0.15, 0.2) is 0 Å². The average Bonchev–Trinajstić information content (AvgIpc) is 3.06. The highest BCUT2D eigenvalue weighted by Crippen LogP contribution is 2.35. The summed E-state index contributed by atoms with van der Waals surface area (Å²) in [5.41, 5.74) is 1.96. The molecule has 8 heteroatoms. The third kappa shape index (κ3) is 2.97. The third-order valence-electron chi connectivity index (χ3n) is 3.04. The van der Waals surface area contributed by atoms with E-state index in [0.717, 1.165) is 24.6 Å². The number of nitrogens with zero attached hydrogens (tertiary/aromatic N) is 2. The van der Waals surface area contributed by atoms with Crippen LogP contribution in [0.3, 0.4) is 0 Å². The number of aromatic nitrogens is 2. The van der Waals surface area contributed by atoms with Crippen LogP contribution in [0.2, 0.25) is 10.0 Å². The topological polar surface area (TPSA) is 66.9 Å². The standard InChI is InChI=1S/C12H12Cl2N4OS/c13-7-5-8(14)11-12(18-20-17-11)10(7)15-4-3-9(19)16-6-1-2-6/h5-6,15H,1-4H2,(H,16,19). The van der Waals surface area contributed by atoms with E-state index in [1.54, 1.807) is 6.07 Å². The highest BCUT2D eigenvalue weighted by atomic mass is 35.5. The minimum absolute atomic E-state index is 0.0535. The Hall–Kier alpha value is -1.11. The van der Waals surface area contributed by atoms with Crippen LogP contribution in [-0.2, 0) is 4.79 Å². The van der Waals surface area contributed by atoms with Crippen LogP contribution in [0.4, 0.5) is 5.69 Å². The molecule has 1 heterocycles. The van der Waals surface area contributed by atoms with Crippen LogP contribution >= 0.6 is 34.9 Å². The minimum atomic E-state index is 0.0535. The summed E-state index contributed by atoms with van der Waals surface area (Å²) in [6.45, 7) is 0.493. The molecule has 0 spiro atoms. The van der Waals surface area contributed by atoms with E-state index in [1.165, 1.54) is 0 Å². The Morgan fingerprint density at radius 2 is 2.05 bits per heavy atom. The number of rotatable bonds is 5. The molecule has 1 aliphatic carbocycles. The van der Waals surface area contributed by atoms with Gasteiger partial charge >= 0.3 is 0 Å². The van der Waals surface area contributed by atoms with Crippen molar-refractivity contribution in [2.24, 2.45) is 0 Å². The van der Waals surface area contributed by atoms with Crippen molar-refractivity contribution >= 4 is 57.6 Å². The molecule has 1 aromatic carbocycles. The van der Waals surface area contributed by atoms with Gasteiger partial charge in [-0.1, -0.05) is 23.2 Å². The van der Waals surface area contributed by atoms with Crippen LogP contribution < -0.4 is 10.6 Å². The Balaban J connectivity index is 1.67. The summed E-state index contributed by atoms with van der Waals surface area (Å²) in [5, 5.41) is 7.05. The molecule has 1 aliphatic rings. The van der Waals surface area contributed by atoms with Crippen molar-refractivity contribution in [1.29, 1.82) is 0 Å². The monoisotopic (exact) mass is 330 g/mol. The van der Waals surface area contributed by atoms with Crippen LogP contribution in [0.5, 0.6) is 0 Å². The molecule has 0 unspecified atom stereocenters. The van der Waals surface area contributed by atoms with E-state index in [-0.39, 0.29) is 5.91 Å². The molecular weight excluding hydrogens is 319 g/mol. The van der Waals surface area contributed by atoms with E-state index >= 15 is 0 Å². The SMILES string of the molecule is O=C(CCNc1c(Cl)cc(Cl)c2nsnc12)NC1CC1. The molecule has 2 aromatic rings. The van der Waals surface area contributed by atoms with Gasteiger partial charge < -0.3 is 10.6 Å². The predicted octanol–water partition coefficient (Wildman–Crippen LogP) is 3.08. The smallest absolute Gasteiger partial charge is 0.221 e. The second-order valence-corrected chi connectivity index (χ2v) is 6.04. The lowest BCUT2D eigenvalue weighted by Crippen LogP contribution is -2.27. The molecule has 1 aromatic heterocycles. The summed E-state index contributed by atoms with van der Waals surface area (Å²) >= 11 is 13.3. The van der Waals surface area contributed by atoms with Gasteiger partial charge in [-0.2, -0.15) is 8.75 Å². The van der Waals surface area contributed by atoms with Crippen molar-refractivity contribution in [1.82, 2.24) is 14.1 Å². The van der Waals surface area contributed by atoms with Gasteiger partial charge in [-0.15, -0.1) is 0 Å². The maximum atomic E-state index is 11.6. The summed E-state index contributed by atoms with van der Waals surface area (Å²) in [7, 11) is 0. The maximum Gasteiger partial charge on any atom is 0.221 e. The lowest BCUT2D eigenvalue weighted by atomic mass is 10.2. The Bertz CT molecular complexity index is 656. The summed E-state index contributed by atoms with van der Waals surface area (Å²) in [5.74, 6) is 0.0535. The lowest BCUT2D eigenvalue weighted by Gasteiger charge is -2.09. The summed E-state index contributed by atoms with van der Waals surface area (Å²) in [6, 6.07) is 2.02. The average molecular weight is 331 g/mol. The van der Waals surface area contributed by atoms with E-state index in [0.29, 0.717) is 45.8 Å². The van der Waals surface area contributed by atoms with Crippen LogP contribution in [0.25, 0.3) is 11.0 Å². The van der Waals surface area contributed by atoms with E-state index in [2.05, 4.69) is 19.4 Å². The number of amides is 1. The molecule has 20 heavy (non-hydrogen) atoms. The van der Waals surface area contributed by atoms with Gasteiger partial charge in [0.05, 0.1) is 27.5 Å². The van der Waals surface area contributed by atoms with Crippen molar-refractivity contribution in [2.45, 2.75) is 25.3 Å². The number of nitrogens with one attached hydrogen (secondary N) is 2. The highest BCUT2D eigenvalue weighted by Gasteiger charge is 2.23. The number of hydrogen-bond donors (Lipinski definition) is 2. The van der Waals surface area contributed by atoms with Crippen molar-refractivity contribution in [2.75, 3.05) is 11.9 Å². The first-order valence-corrected chi connectivity index (χ1v) is 7.77. The number of carbonyl (C=O) groups is 1. The van der Waals surface area contributed by atoms with Gasteiger partial charge in [0.1, 0.15) is 11.0 Å². The third-order valence-corrected chi connectivity index (χ3v) is 4.15. The molecule has 5 nitrogen and oxygen atoms in total. The molecule has 1 fully saturated rings. The number of benzene rings is 1. The second kappa shape index (κ2) is 5.71. The fourth-order valence-corrected chi connectivity index (χ4v) is 3.05. The quantitative estimate of drug-likeness (QED) is 0.884. The van der Waals surface area contributed by atoms with Crippen LogP contribution in [0, 0.1) is 0 Å². The largest absolute Gasteiger partial charge is 0.381 e. The second-order valence-electron chi connectivity index (χ2n) is 4.70. The van der Waals surface area contributed by atoms with Crippen LogP contribution in [0.1, 0.15) is 19.3 Å². The number of carbonyl (C=O) groups excluding carboxylic acids is 1. The zero-order chi connectivity index (χ0) is 14.1. The van der Waals surface area contributed by atoms with E-state index in [4.69, 9.17) is 23.2 Å². The fraction of sp³-hybridized carbons (Fsp3) is 0.417. The zero-order valence-corrected chi connectivity index (χ0v) is 12.8. The molecule has 106 valence electrons. The van der Waals surface area contributed by atoms with Gasteiger partial charge in [-0.3, -0.25) is 4.79 Å². The zero-order valence-electron chi connectivity index (χ0n) is 10.4. The van der Waals surface area contributed by atoms with Crippen LogP contribution in [-0.4, -0.2) is 27.2 Å². The maximum absolute atomic E-state index is 11.6. The normalized spacial score (nSPS) is 14.5. The van der Waals surface area contributed by atoms with E-state index in [1.807, 2.05) is 0 Å². The van der Waals surface area contributed by atoms with Gasteiger partial charge in [0.2, 0.25) is 5.91 Å². The van der Waals surface area contributed by atoms with Crippen molar-refractivity contribution in [3.8, 4) is 0 Å². The Kier molecular flexibility index (Phi) is 3.96. The number of fused-ring (bicyclic) bond motifs is 1. The van der Waals surface area contributed by atoms with Gasteiger partial charge in [-0.05, 0) is 18.9 Å². The molecule has 0 radical (unpaired) electrons. The minimum Gasteiger partial charge on any atom is -0.381 e. The summed E-state index contributed by atoms with van der Waals surface area (Å²) in [4.78, 5) is 11.6. The Morgan fingerprint density at radius 3 is 2.80 bits per heavy atom. The van der Waals surface area contributed by atoms with Crippen LogP contribution in [0.15, 0.2) is 6.07 Å². The fourth-order valence-electron chi connectivity index (χ4n) is 1.87. The van der Waals surface area contributed by atoms with E-state index < -0.39 is 0 Å². The van der Waals surface area contributed by atoms with Gasteiger partial charge in [-0.25, -0.2) is 0 Å². The molecule has 0 atom stereocenters. The van der Waals surface area contributed by atoms with E-state index in [9.17, 15) is 4.79 Å². The summed E-state index contributed by atoms with van der Waals surface area (Å²) < 4.78 is 8.33. The molecular formula is C12H12Cl2N4OS. The first-order valence-electron chi connectivity index (χ1n) is 6.28. The molecule has 0 aliphatic heterocycles. The van der Waals surface area contributed by atoms with Crippen molar-refractivity contribution in [3.63, 3.8) is 0 Å². The number of anilines is 1. The van der Waals surface area contributed by atoms with Gasteiger partial charge in [0, 0.05) is 19.0 Å². The molecule has 2 N–H and O–H groups in total. The molecule has 1 saturated carbocycles.